The molecule has 2 aromatic rings. The van der Waals surface area contributed by atoms with Gasteiger partial charge in [-0.1, -0.05) is 6.92 Å². The summed E-state index contributed by atoms with van der Waals surface area (Å²) in [7, 11) is 1.96. The van der Waals surface area contributed by atoms with Crippen molar-refractivity contribution in [2.45, 2.75) is 13.3 Å². The lowest BCUT2D eigenvalue weighted by atomic mass is 10.2. The van der Waals surface area contributed by atoms with Crippen molar-refractivity contribution < 1.29 is 0 Å². The molecule has 0 aliphatic heterocycles. The van der Waals surface area contributed by atoms with Crippen LogP contribution in [-0.2, 0) is 0 Å². The van der Waals surface area contributed by atoms with Crippen molar-refractivity contribution in [2.24, 2.45) is 11.8 Å². The normalized spacial score (nSPS) is 21.6. The molecule has 2 unspecified atom stereocenters. The van der Waals surface area contributed by atoms with Crippen molar-refractivity contribution in [2.75, 3.05) is 24.2 Å². The Balaban J connectivity index is 1.96. The first-order valence-corrected chi connectivity index (χ1v) is 6.55. The average Bonchev–Trinajstić information content (AvgIpc) is 3.05. The van der Waals surface area contributed by atoms with Crippen molar-refractivity contribution >= 4 is 22.5 Å². The predicted octanol–water partition coefficient (Wildman–Crippen LogP) is 1.60. The zero-order valence-electron chi connectivity index (χ0n) is 11.2. The molecule has 5 heteroatoms. The summed E-state index contributed by atoms with van der Waals surface area (Å²) in [6.07, 6.45) is 1.26. The molecule has 1 heterocycles. The van der Waals surface area contributed by atoms with Crippen LogP contribution < -0.4 is 16.2 Å². The van der Waals surface area contributed by atoms with Gasteiger partial charge >= 0.3 is 0 Å². The fourth-order valence-electron chi connectivity index (χ4n) is 2.42. The van der Waals surface area contributed by atoms with Crippen LogP contribution in [0.1, 0.15) is 13.3 Å². The van der Waals surface area contributed by atoms with Crippen molar-refractivity contribution in [3.8, 4) is 0 Å². The molecule has 0 radical (unpaired) electrons. The summed E-state index contributed by atoms with van der Waals surface area (Å²) in [6, 6.07) is 5.21. The second kappa shape index (κ2) is 4.26. The van der Waals surface area contributed by atoms with Crippen LogP contribution in [0.3, 0.4) is 0 Å². The van der Waals surface area contributed by atoms with E-state index in [-0.39, 0.29) is 5.56 Å². The van der Waals surface area contributed by atoms with Crippen molar-refractivity contribution in [1.29, 1.82) is 0 Å². The fraction of sp³-hybridized carbons (Fsp3) is 0.429. The number of nitrogens with zero attached hydrogens (tertiary/aromatic N) is 2. The number of hydrogen-bond acceptors (Lipinski definition) is 4. The van der Waals surface area contributed by atoms with E-state index in [0.717, 1.165) is 18.4 Å². The van der Waals surface area contributed by atoms with Crippen LogP contribution in [0.5, 0.6) is 0 Å². The number of aromatic amines is 1. The highest BCUT2D eigenvalue weighted by molar-refractivity contribution is 5.81. The zero-order valence-corrected chi connectivity index (χ0v) is 11.2. The van der Waals surface area contributed by atoms with Gasteiger partial charge in [0.25, 0.3) is 5.56 Å². The summed E-state index contributed by atoms with van der Waals surface area (Å²) in [4.78, 5) is 21.4. The van der Waals surface area contributed by atoms with Gasteiger partial charge in [0.2, 0.25) is 5.95 Å². The second-order valence-corrected chi connectivity index (χ2v) is 5.52. The molecule has 100 valence electrons. The Bertz CT molecular complexity index is 679. The summed E-state index contributed by atoms with van der Waals surface area (Å²) in [5, 5.41) is 0.539. The summed E-state index contributed by atoms with van der Waals surface area (Å²) in [6.45, 7) is 3.18. The third-order valence-corrected chi connectivity index (χ3v) is 3.86. The maximum Gasteiger partial charge on any atom is 0.260 e. The van der Waals surface area contributed by atoms with Crippen LogP contribution in [-0.4, -0.2) is 23.6 Å². The van der Waals surface area contributed by atoms with Crippen molar-refractivity contribution in [1.82, 2.24) is 9.97 Å². The van der Waals surface area contributed by atoms with Gasteiger partial charge in [-0.15, -0.1) is 0 Å². The van der Waals surface area contributed by atoms with Gasteiger partial charge in [0, 0.05) is 19.3 Å². The molecular weight excluding hydrogens is 240 g/mol. The van der Waals surface area contributed by atoms with E-state index in [1.165, 1.54) is 6.42 Å². The quantitative estimate of drug-likeness (QED) is 0.820. The summed E-state index contributed by atoms with van der Waals surface area (Å²) < 4.78 is 0. The summed E-state index contributed by atoms with van der Waals surface area (Å²) in [5.74, 6) is 2.13. The maximum absolute atomic E-state index is 12.0. The van der Waals surface area contributed by atoms with Crippen LogP contribution in [0.15, 0.2) is 23.0 Å². The highest BCUT2D eigenvalue weighted by Crippen LogP contribution is 2.38. The van der Waals surface area contributed by atoms with E-state index in [0.29, 0.717) is 22.5 Å². The lowest BCUT2D eigenvalue weighted by Gasteiger charge is -2.17. The molecule has 1 fully saturated rings. The highest BCUT2D eigenvalue weighted by Gasteiger charge is 2.33. The molecule has 1 aromatic heterocycles. The first-order valence-electron chi connectivity index (χ1n) is 6.55. The molecule has 0 saturated heterocycles. The van der Waals surface area contributed by atoms with E-state index in [1.807, 2.05) is 11.9 Å². The minimum atomic E-state index is -0.136. The Morgan fingerprint density at radius 1 is 1.53 bits per heavy atom. The average molecular weight is 258 g/mol. The zero-order chi connectivity index (χ0) is 13.6. The largest absolute Gasteiger partial charge is 0.399 e. The van der Waals surface area contributed by atoms with Crippen molar-refractivity contribution in [3.63, 3.8) is 0 Å². The number of nitrogen functional groups attached to an aromatic ring is 1. The van der Waals surface area contributed by atoms with Gasteiger partial charge in [-0.05, 0) is 36.5 Å². The lowest BCUT2D eigenvalue weighted by molar-refractivity contribution is 0.712. The molecule has 3 N–H and O–H groups in total. The van der Waals surface area contributed by atoms with Crippen LogP contribution in [0, 0.1) is 11.8 Å². The Morgan fingerprint density at radius 3 is 2.95 bits per heavy atom. The number of aromatic nitrogens is 2. The van der Waals surface area contributed by atoms with Gasteiger partial charge < -0.3 is 10.6 Å². The Labute approximate surface area is 111 Å². The van der Waals surface area contributed by atoms with E-state index in [4.69, 9.17) is 5.73 Å². The monoisotopic (exact) mass is 258 g/mol. The van der Waals surface area contributed by atoms with Crippen molar-refractivity contribution in [3.05, 3.63) is 28.6 Å². The molecule has 19 heavy (non-hydrogen) atoms. The Morgan fingerprint density at radius 2 is 2.26 bits per heavy atom. The summed E-state index contributed by atoms with van der Waals surface area (Å²) >= 11 is 0. The predicted molar refractivity (Wildman–Crippen MR) is 77.3 cm³/mol. The van der Waals surface area contributed by atoms with E-state index >= 15 is 0 Å². The Hall–Kier alpha value is -2.04. The van der Waals surface area contributed by atoms with Crippen LogP contribution in [0.4, 0.5) is 11.6 Å². The molecule has 2 atom stereocenters. The molecule has 0 bridgehead atoms. The highest BCUT2D eigenvalue weighted by atomic mass is 16.1. The third kappa shape index (κ3) is 2.28. The number of rotatable bonds is 3. The summed E-state index contributed by atoms with van der Waals surface area (Å²) in [5.41, 5.74) is 6.81. The molecule has 1 aliphatic carbocycles. The molecular formula is C14H18N4O. The maximum atomic E-state index is 12.0. The minimum absolute atomic E-state index is 0.136. The van der Waals surface area contributed by atoms with Gasteiger partial charge in [-0.3, -0.25) is 9.78 Å². The van der Waals surface area contributed by atoms with E-state index < -0.39 is 0 Å². The number of fused-ring (bicyclic) bond motifs is 1. The third-order valence-electron chi connectivity index (χ3n) is 3.86. The number of nitrogens with two attached hydrogens (primary N) is 1. The number of benzene rings is 1. The fourth-order valence-corrected chi connectivity index (χ4v) is 2.42. The number of H-pyrrole nitrogens is 1. The lowest BCUT2D eigenvalue weighted by Crippen LogP contribution is -2.25. The van der Waals surface area contributed by atoms with Crippen LogP contribution in [0.25, 0.3) is 10.9 Å². The SMILES string of the molecule is CC1CC1CN(C)c1nc2ccc(N)cc2c(=O)[nH]1. The molecule has 1 aromatic carbocycles. The van der Waals surface area contributed by atoms with Gasteiger partial charge in [0.05, 0.1) is 10.9 Å². The molecule has 3 rings (SSSR count). The van der Waals surface area contributed by atoms with Gasteiger partial charge in [-0.2, -0.15) is 0 Å². The number of nitrogens with one attached hydrogen (secondary N) is 1. The molecule has 1 aliphatic rings. The van der Waals surface area contributed by atoms with E-state index in [1.54, 1.807) is 18.2 Å². The molecule has 0 spiro atoms. The van der Waals surface area contributed by atoms with E-state index in [2.05, 4.69) is 16.9 Å². The Kier molecular flexibility index (Phi) is 2.69. The second-order valence-electron chi connectivity index (χ2n) is 5.52. The van der Waals surface area contributed by atoms with E-state index in [9.17, 15) is 4.79 Å². The minimum Gasteiger partial charge on any atom is -0.399 e. The number of anilines is 2. The topological polar surface area (TPSA) is 75.0 Å². The first kappa shape index (κ1) is 12.0. The van der Waals surface area contributed by atoms with Gasteiger partial charge in [0.15, 0.2) is 0 Å². The van der Waals surface area contributed by atoms with Crippen LogP contribution >= 0.6 is 0 Å². The smallest absolute Gasteiger partial charge is 0.260 e. The molecule has 5 nitrogen and oxygen atoms in total. The molecule has 0 amide bonds. The first-order chi connectivity index (χ1) is 9.04. The van der Waals surface area contributed by atoms with Crippen LogP contribution in [0.2, 0.25) is 0 Å². The molecule has 1 saturated carbocycles. The standard InChI is InChI=1S/C14H18N4O/c1-8-5-9(8)7-18(2)14-16-12-4-3-10(15)6-11(12)13(19)17-14/h3-4,6,8-9H,5,7,15H2,1-2H3,(H,16,17,19). The number of hydrogen-bond donors (Lipinski definition) is 2. The van der Waals surface area contributed by atoms with Gasteiger partial charge in [-0.25, -0.2) is 4.98 Å². The van der Waals surface area contributed by atoms with Gasteiger partial charge in [0.1, 0.15) is 0 Å².